The largest absolute Gasteiger partial charge is 0.351 e. The molecule has 3 atom stereocenters. The fourth-order valence-electron chi connectivity index (χ4n) is 2.51. The summed E-state index contributed by atoms with van der Waals surface area (Å²) in [6.07, 6.45) is 2.72. The van der Waals surface area contributed by atoms with Gasteiger partial charge in [-0.2, -0.15) is 4.98 Å². The van der Waals surface area contributed by atoms with E-state index in [4.69, 9.17) is 21.5 Å². The normalized spacial score (nSPS) is 30.5. The van der Waals surface area contributed by atoms with Gasteiger partial charge in [-0.05, 0) is 24.8 Å². The van der Waals surface area contributed by atoms with Crippen molar-refractivity contribution < 1.29 is 9.94 Å². The smallest absolute Gasteiger partial charge is 0.350 e. The zero-order chi connectivity index (χ0) is 14.0. The Balaban J connectivity index is 2.28. The van der Waals surface area contributed by atoms with E-state index in [-0.39, 0.29) is 23.6 Å². The van der Waals surface area contributed by atoms with Gasteiger partial charge in [-0.1, -0.05) is 13.8 Å². The average Bonchev–Trinajstić information content (AvgIpc) is 2.76. The minimum Gasteiger partial charge on any atom is -0.350 e. The molecule has 1 saturated heterocycles. The number of nitrogens with one attached hydrogen (secondary N) is 1. The molecule has 2 N–H and O–H groups in total. The first-order valence-corrected chi connectivity index (χ1v) is 6.83. The van der Waals surface area contributed by atoms with Crippen LogP contribution in [-0.4, -0.2) is 26.2 Å². The van der Waals surface area contributed by atoms with E-state index in [1.165, 1.54) is 10.6 Å². The van der Waals surface area contributed by atoms with Gasteiger partial charge in [-0.15, -0.1) is 11.6 Å². The van der Waals surface area contributed by atoms with Crippen LogP contribution in [0.1, 0.15) is 32.9 Å². The third-order valence-electron chi connectivity index (χ3n) is 3.90. The van der Waals surface area contributed by atoms with Gasteiger partial charge in [0.2, 0.25) is 0 Å². The second-order valence-corrected chi connectivity index (χ2v) is 5.14. The number of halogens is 1. The van der Waals surface area contributed by atoms with E-state index < -0.39 is 5.69 Å². The summed E-state index contributed by atoms with van der Waals surface area (Å²) in [6, 6.07) is 1.52. The highest BCUT2D eigenvalue weighted by Crippen LogP contribution is 2.43. The Bertz CT molecular complexity index is 501. The van der Waals surface area contributed by atoms with Crippen molar-refractivity contribution in [2.45, 2.75) is 38.5 Å². The number of anilines is 1. The Hall–Kier alpha value is -1.11. The summed E-state index contributed by atoms with van der Waals surface area (Å²) in [7, 11) is 0. The van der Waals surface area contributed by atoms with Crippen molar-refractivity contribution in [1.82, 2.24) is 9.55 Å². The second-order valence-electron chi connectivity index (χ2n) is 4.88. The van der Waals surface area contributed by atoms with Gasteiger partial charge in [0.1, 0.15) is 6.23 Å². The maximum Gasteiger partial charge on any atom is 0.351 e. The lowest BCUT2D eigenvalue weighted by Gasteiger charge is -2.29. The first kappa shape index (κ1) is 14.3. The summed E-state index contributed by atoms with van der Waals surface area (Å²) in [5.41, 5.74) is 0.997. The van der Waals surface area contributed by atoms with Gasteiger partial charge in [-0.3, -0.25) is 15.3 Å². The predicted octanol–water partition coefficient (Wildman–Crippen LogP) is 1.99. The lowest BCUT2D eigenvalue weighted by molar-refractivity contribution is -0.0726. The zero-order valence-corrected chi connectivity index (χ0v) is 11.7. The van der Waals surface area contributed by atoms with Crippen LogP contribution in [0, 0.1) is 5.92 Å². The Labute approximate surface area is 116 Å². The number of aromatic nitrogens is 2. The molecule has 0 unspecified atom stereocenters. The summed E-state index contributed by atoms with van der Waals surface area (Å²) in [5.74, 6) is 0.786. The molecule has 1 aliphatic heterocycles. The molecule has 0 amide bonds. The molecule has 7 heteroatoms. The average molecular weight is 288 g/mol. The van der Waals surface area contributed by atoms with Crippen molar-refractivity contribution in [2.75, 3.05) is 11.4 Å². The summed E-state index contributed by atoms with van der Waals surface area (Å²) in [5, 5.41) is 8.71. The third-order valence-corrected chi connectivity index (χ3v) is 4.36. The molecule has 1 fully saturated rings. The fraction of sp³-hybridized carbons (Fsp3) is 0.667. The molecule has 2 rings (SSSR count). The molecule has 106 valence electrons. The van der Waals surface area contributed by atoms with Crippen LogP contribution in [0.15, 0.2) is 17.1 Å². The highest BCUT2D eigenvalue weighted by atomic mass is 35.5. The van der Waals surface area contributed by atoms with Gasteiger partial charge in [-0.25, -0.2) is 4.79 Å². The van der Waals surface area contributed by atoms with Crippen LogP contribution >= 0.6 is 11.6 Å². The Kier molecular flexibility index (Phi) is 4.13. The van der Waals surface area contributed by atoms with E-state index in [1.54, 1.807) is 6.20 Å². The van der Waals surface area contributed by atoms with Crippen LogP contribution in [0.5, 0.6) is 0 Å². The van der Waals surface area contributed by atoms with E-state index in [0.29, 0.717) is 12.3 Å². The zero-order valence-electron chi connectivity index (χ0n) is 11.0. The molecule has 1 aliphatic rings. The van der Waals surface area contributed by atoms with Crippen LogP contribution < -0.4 is 11.2 Å². The Morgan fingerprint density at radius 2 is 2.47 bits per heavy atom. The number of hydrogen-bond donors (Lipinski definition) is 2. The van der Waals surface area contributed by atoms with Gasteiger partial charge >= 0.3 is 5.69 Å². The molecular weight excluding hydrogens is 270 g/mol. The third kappa shape index (κ3) is 2.48. The van der Waals surface area contributed by atoms with Crippen LogP contribution in [0.25, 0.3) is 0 Å². The van der Waals surface area contributed by atoms with Gasteiger partial charge in [0.15, 0.2) is 5.82 Å². The number of ether oxygens (including phenoxy) is 1. The van der Waals surface area contributed by atoms with Crippen molar-refractivity contribution in [3.05, 3.63) is 22.7 Å². The summed E-state index contributed by atoms with van der Waals surface area (Å²) < 4.78 is 7.44. The van der Waals surface area contributed by atoms with E-state index >= 15 is 0 Å². The van der Waals surface area contributed by atoms with Crippen LogP contribution in [-0.2, 0) is 4.74 Å². The lowest BCUT2D eigenvalue weighted by atomic mass is 9.88. The SMILES string of the molecule is CC[C@@]1(CCl)O[C@@H](n2ccc(NO)nc2=O)C[C@@H]1C. The number of alkyl halides is 1. The van der Waals surface area contributed by atoms with Crippen molar-refractivity contribution in [3.8, 4) is 0 Å². The van der Waals surface area contributed by atoms with Crippen molar-refractivity contribution >= 4 is 17.4 Å². The van der Waals surface area contributed by atoms with Crippen LogP contribution in [0.4, 0.5) is 5.82 Å². The van der Waals surface area contributed by atoms with E-state index in [2.05, 4.69) is 11.9 Å². The van der Waals surface area contributed by atoms with E-state index in [0.717, 1.165) is 6.42 Å². The Morgan fingerprint density at radius 3 is 2.95 bits per heavy atom. The standard InChI is InChI=1S/C12H18ClN3O3/c1-3-12(7-13)8(2)6-10(19-12)16-5-4-9(15-18)14-11(16)17/h4-5,8,10,18H,3,6-7H2,1-2H3,(H,14,15,17)/t8-,10+,12-/m0/s1. The maximum atomic E-state index is 11.9. The summed E-state index contributed by atoms with van der Waals surface area (Å²) in [4.78, 5) is 15.6. The fourth-order valence-corrected chi connectivity index (χ4v) is 3.02. The van der Waals surface area contributed by atoms with Crippen molar-refractivity contribution in [3.63, 3.8) is 0 Å². The minimum atomic E-state index is -0.460. The molecule has 1 aromatic rings. The van der Waals surface area contributed by atoms with Gasteiger partial charge in [0.25, 0.3) is 0 Å². The molecule has 6 nitrogen and oxygen atoms in total. The summed E-state index contributed by atoms with van der Waals surface area (Å²) >= 11 is 6.03. The lowest BCUT2D eigenvalue weighted by Crippen LogP contribution is -2.36. The monoisotopic (exact) mass is 287 g/mol. The van der Waals surface area contributed by atoms with Crippen LogP contribution in [0.3, 0.4) is 0 Å². The molecular formula is C12H18ClN3O3. The first-order chi connectivity index (χ1) is 9.06. The van der Waals surface area contributed by atoms with E-state index in [1.807, 2.05) is 12.4 Å². The molecule has 0 aromatic carbocycles. The van der Waals surface area contributed by atoms with Crippen molar-refractivity contribution in [1.29, 1.82) is 0 Å². The molecule has 19 heavy (non-hydrogen) atoms. The van der Waals surface area contributed by atoms with Gasteiger partial charge in [0, 0.05) is 6.20 Å². The van der Waals surface area contributed by atoms with Gasteiger partial charge < -0.3 is 4.74 Å². The molecule has 0 aliphatic carbocycles. The number of nitrogens with zero attached hydrogens (tertiary/aromatic N) is 2. The molecule has 2 heterocycles. The van der Waals surface area contributed by atoms with E-state index in [9.17, 15) is 4.79 Å². The quantitative estimate of drug-likeness (QED) is 0.654. The molecule has 0 radical (unpaired) electrons. The molecule has 0 bridgehead atoms. The number of hydrogen-bond acceptors (Lipinski definition) is 5. The topological polar surface area (TPSA) is 76.4 Å². The van der Waals surface area contributed by atoms with Gasteiger partial charge in [0.05, 0.1) is 11.5 Å². The maximum absolute atomic E-state index is 11.9. The highest BCUT2D eigenvalue weighted by Gasteiger charge is 2.45. The molecule has 0 spiro atoms. The Morgan fingerprint density at radius 1 is 1.74 bits per heavy atom. The summed E-state index contributed by atoms with van der Waals surface area (Å²) in [6.45, 7) is 4.11. The molecule has 0 saturated carbocycles. The minimum absolute atomic E-state index is 0.117. The predicted molar refractivity (Wildman–Crippen MR) is 71.6 cm³/mol. The first-order valence-electron chi connectivity index (χ1n) is 6.29. The highest BCUT2D eigenvalue weighted by molar-refractivity contribution is 6.18. The number of rotatable bonds is 4. The second kappa shape index (κ2) is 5.48. The molecule has 1 aromatic heterocycles. The van der Waals surface area contributed by atoms with Crippen LogP contribution in [0.2, 0.25) is 0 Å². The van der Waals surface area contributed by atoms with Crippen molar-refractivity contribution in [2.24, 2.45) is 5.92 Å².